The van der Waals surface area contributed by atoms with Crippen LogP contribution in [-0.2, 0) is 14.8 Å². The number of hydrogen-bond acceptors (Lipinski definition) is 6. The number of nitrogens with zero attached hydrogens (tertiary/aromatic N) is 3. The van der Waals surface area contributed by atoms with Crippen LogP contribution in [0.3, 0.4) is 0 Å². The lowest BCUT2D eigenvalue weighted by atomic mass is 10.2. The second kappa shape index (κ2) is 10.2. The smallest absolute Gasteiger partial charge is 0.269 e. The molecular formula is C21H24N4O5S. The van der Waals surface area contributed by atoms with Crippen molar-refractivity contribution in [3.8, 4) is 0 Å². The highest BCUT2D eigenvalue weighted by molar-refractivity contribution is 7.89. The van der Waals surface area contributed by atoms with Crippen molar-refractivity contribution < 1.29 is 18.1 Å². The number of carbonyl (C=O) groups excluding carboxylic acids is 1. The van der Waals surface area contributed by atoms with E-state index < -0.39 is 20.9 Å². The molecule has 0 aromatic heterocycles. The molecule has 2 aromatic rings. The summed E-state index contributed by atoms with van der Waals surface area (Å²) in [4.78, 5) is 24.2. The molecule has 0 bridgehead atoms. The molecule has 1 aliphatic heterocycles. The SMILES string of the molecule is O=C(/C=C/c1ccc([N+](=O)[O-])cc1)NCCS(=O)(=O)N1CCN(c2ccccc2)CC1. The number of non-ortho nitro benzene ring substituents is 1. The lowest BCUT2D eigenvalue weighted by Crippen LogP contribution is -2.50. The van der Waals surface area contributed by atoms with Crippen LogP contribution in [0.4, 0.5) is 11.4 Å². The van der Waals surface area contributed by atoms with Crippen LogP contribution in [0, 0.1) is 10.1 Å². The summed E-state index contributed by atoms with van der Waals surface area (Å²) in [5.41, 5.74) is 1.67. The van der Waals surface area contributed by atoms with Crippen molar-refractivity contribution in [2.75, 3.05) is 43.4 Å². The van der Waals surface area contributed by atoms with Crippen molar-refractivity contribution in [1.29, 1.82) is 0 Å². The number of nitrogens with one attached hydrogen (secondary N) is 1. The zero-order valence-corrected chi connectivity index (χ0v) is 17.7. The van der Waals surface area contributed by atoms with Crippen LogP contribution in [0.1, 0.15) is 5.56 Å². The van der Waals surface area contributed by atoms with Crippen LogP contribution >= 0.6 is 0 Å². The van der Waals surface area contributed by atoms with Gasteiger partial charge in [0.1, 0.15) is 0 Å². The standard InChI is InChI=1S/C21H24N4O5S/c26-21(11-8-18-6-9-20(10-7-18)25(27)28)22-12-17-31(29,30)24-15-13-23(14-16-24)19-4-2-1-3-5-19/h1-11H,12-17H2,(H,22,26)/b11-8+. The number of hydrogen-bond donors (Lipinski definition) is 1. The third-order valence-electron chi connectivity index (χ3n) is 4.94. The van der Waals surface area contributed by atoms with Crippen LogP contribution < -0.4 is 10.2 Å². The molecule has 2 aromatic carbocycles. The number of rotatable bonds is 8. The van der Waals surface area contributed by atoms with Crippen LogP contribution in [0.2, 0.25) is 0 Å². The zero-order valence-electron chi connectivity index (χ0n) is 16.9. The summed E-state index contributed by atoms with van der Waals surface area (Å²) >= 11 is 0. The van der Waals surface area contributed by atoms with Gasteiger partial charge in [-0.1, -0.05) is 18.2 Å². The molecule has 3 rings (SSSR count). The highest BCUT2D eigenvalue weighted by Crippen LogP contribution is 2.17. The molecule has 0 atom stereocenters. The van der Waals surface area contributed by atoms with E-state index in [1.165, 1.54) is 40.7 Å². The first-order chi connectivity index (χ1) is 14.8. The maximum Gasteiger partial charge on any atom is 0.269 e. The van der Waals surface area contributed by atoms with Crippen LogP contribution in [0.25, 0.3) is 6.08 Å². The average Bonchev–Trinajstić information content (AvgIpc) is 2.78. The van der Waals surface area contributed by atoms with E-state index >= 15 is 0 Å². The molecule has 0 unspecified atom stereocenters. The van der Waals surface area contributed by atoms with Gasteiger partial charge >= 0.3 is 0 Å². The van der Waals surface area contributed by atoms with Crippen molar-refractivity contribution in [3.63, 3.8) is 0 Å². The number of para-hydroxylation sites is 1. The predicted octanol–water partition coefficient (Wildman–Crippen LogP) is 1.88. The van der Waals surface area contributed by atoms with Crippen molar-refractivity contribution in [2.45, 2.75) is 0 Å². The van der Waals surface area contributed by atoms with Gasteiger partial charge in [0, 0.05) is 56.6 Å². The van der Waals surface area contributed by atoms with Gasteiger partial charge in [0.15, 0.2) is 0 Å². The number of anilines is 1. The number of benzene rings is 2. The number of carbonyl (C=O) groups is 1. The Morgan fingerprint density at radius 2 is 1.68 bits per heavy atom. The maximum atomic E-state index is 12.6. The molecule has 1 fully saturated rings. The van der Waals surface area contributed by atoms with Crippen LogP contribution in [0.15, 0.2) is 60.7 Å². The molecular weight excluding hydrogens is 420 g/mol. The highest BCUT2D eigenvalue weighted by atomic mass is 32.2. The molecule has 0 radical (unpaired) electrons. The summed E-state index contributed by atoms with van der Waals surface area (Å²) in [6, 6.07) is 15.6. The number of amides is 1. The predicted molar refractivity (Wildman–Crippen MR) is 119 cm³/mol. The Balaban J connectivity index is 1.43. The third-order valence-corrected chi connectivity index (χ3v) is 6.82. The Labute approximate surface area is 181 Å². The van der Waals surface area contributed by atoms with Crippen molar-refractivity contribution >= 4 is 33.4 Å². The van der Waals surface area contributed by atoms with Crippen molar-refractivity contribution in [2.24, 2.45) is 0 Å². The molecule has 1 amide bonds. The highest BCUT2D eigenvalue weighted by Gasteiger charge is 2.26. The number of piperazine rings is 1. The maximum absolute atomic E-state index is 12.6. The van der Waals surface area contributed by atoms with Gasteiger partial charge in [0.25, 0.3) is 5.69 Å². The normalized spacial score (nSPS) is 15.2. The second-order valence-electron chi connectivity index (χ2n) is 7.01. The molecule has 1 heterocycles. The lowest BCUT2D eigenvalue weighted by Gasteiger charge is -2.35. The zero-order chi connectivity index (χ0) is 22.3. The van der Waals surface area contributed by atoms with Gasteiger partial charge in [0.05, 0.1) is 10.7 Å². The van der Waals surface area contributed by atoms with E-state index in [0.717, 1.165) is 5.69 Å². The average molecular weight is 445 g/mol. The van der Waals surface area contributed by atoms with E-state index in [2.05, 4.69) is 10.2 Å². The minimum atomic E-state index is -3.46. The summed E-state index contributed by atoms with van der Waals surface area (Å²) in [6.45, 7) is 2.06. The van der Waals surface area contributed by atoms with Gasteiger partial charge in [-0.3, -0.25) is 14.9 Å². The van der Waals surface area contributed by atoms with Crippen LogP contribution in [0.5, 0.6) is 0 Å². The first kappa shape index (κ1) is 22.4. The van der Waals surface area contributed by atoms with Crippen LogP contribution in [-0.4, -0.2) is 62.0 Å². The Morgan fingerprint density at radius 1 is 1.03 bits per heavy atom. The third kappa shape index (κ3) is 6.37. The van der Waals surface area contributed by atoms with E-state index in [1.54, 1.807) is 0 Å². The first-order valence-corrected chi connectivity index (χ1v) is 11.4. The molecule has 164 valence electrons. The monoisotopic (exact) mass is 444 g/mol. The number of nitro groups is 1. The molecule has 0 spiro atoms. The fourth-order valence-corrected chi connectivity index (χ4v) is 4.57. The summed E-state index contributed by atoms with van der Waals surface area (Å²) in [7, 11) is -3.46. The van der Waals surface area contributed by atoms with E-state index in [0.29, 0.717) is 31.7 Å². The van der Waals surface area contributed by atoms with Gasteiger partial charge in [-0.05, 0) is 35.9 Å². The molecule has 1 saturated heterocycles. The molecule has 31 heavy (non-hydrogen) atoms. The van der Waals surface area contributed by atoms with Gasteiger partial charge in [0.2, 0.25) is 15.9 Å². The van der Waals surface area contributed by atoms with E-state index in [1.807, 2.05) is 30.3 Å². The summed E-state index contributed by atoms with van der Waals surface area (Å²) in [5.74, 6) is -0.599. The van der Waals surface area contributed by atoms with E-state index in [9.17, 15) is 23.3 Å². The molecule has 1 N–H and O–H groups in total. The van der Waals surface area contributed by atoms with Gasteiger partial charge in [-0.25, -0.2) is 8.42 Å². The van der Waals surface area contributed by atoms with E-state index in [-0.39, 0.29) is 18.0 Å². The molecule has 0 saturated carbocycles. The minimum absolute atomic E-state index is 0.00463. The molecule has 1 aliphatic rings. The van der Waals surface area contributed by atoms with Crippen molar-refractivity contribution in [1.82, 2.24) is 9.62 Å². The van der Waals surface area contributed by atoms with Gasteiger partial charge < -0.3 is 10.2 Å². The Morgan fingerprint density at radius 3 is 2.29 bits per heavy atom. The molecule has 10 heteroatoms. The van der Waals surface area contributed by atoms with E-state index in [4.69, 9.17) is 0 Å². The lowest BCUT2D eigenvalue weighted by molar-refractivity contribution is -0.384. The fraction of sp³-hybridized carbons (Fsp3) is 0.286. The Kier molecular flexibility index (Phi) is 7.37. The molecule has 9 nitrogen and oxygen atoms in total. The summed E-state index contributed by atoms with van der Waals surface area (Å²) in [5, 5.41) is 13.2. The second-order valence-corrected chi connectivity index (χ2v) is 9.10. The van der Waals surface area contributed by atoms with Crippen molar-refractivity contribution in [3.05, 3.63) is 76.4 Å². The summed E-state index contributed by atoms with van der Waals surface area (Å²) < 4.78 is 26.6. The Hall–Kier alpha value is -3.24. The molecule has 0 aliphatic carbocycles. The first-order valence-electron chi connectivity index (χ1n) is 9.83. The number of nitro benzene ring substituents is 1. The minimum Gasteiger partial charge on any atom is -0.369 e. The van der Waals surface area contributed by atoms with Gasteiger partial charge in [-0.2, -0.15) is 4.31 Å². The Bertz CT molecular complexity index is 1030. The largest absolute Gasteiger partial charge is 0.369 e. The quantitative estimate of drug-likeness (QED) is 0.378. The van der Waals surface area contributed by atoms with Gasteiger partial charge in [-0.15, -0.1) is 0 Å². The fourth-order valence-electron chi connectivity index (χ4n) is 3.23. The summed E-state index contributed by atoms with van der Waals surface area (Å²) in [6.07, 6.45) is 2.78. The topological polar surface area (TPSA) is 113 Å². The number of sulfonamides is 1.